The Morgan fingerprint density at radius 3 is 0.604 bits per heavy atom. The molecule has 0 heterocycles. The van der Waals surface area contributed by atoms with Crippen LogP contribution in [0.2, 0.25) is 0 Å². The summed E-state index contributed by atoms with van der Waals surface area (Å²) in [7, 11) is 24.6. The minimum Gasteiger partial charge on any atom is -0.553 e. The van der Waals surface area contributed by atoms with Crippen molar-refractivity contribution in [2.45, 2.75) is 36.6 Å². The first-order valence-corrected chi connectivity index (χ1v) is 14.4. The number of hydrogen-bond donors (Lipinski definition) is 8. The van der Waals surface area contributed by atoms with Gasteiger partial charge in [-0.25, -0.2) is 56.9 Å². The number of ether oxygens (including phenoxy) is 11. The molecule has 23 heteroatoms. The van der Waals surface area contributed by atoms with Crippen LogP contribution in [0.1, 0.15) is 0 Å². The third kappa shape index (κ3) is 77.9. The molecule has 0 aliphatic rings. The summed E-state index contributed by atoms with van der Waals surface area (Å²) in [6, 6.07) is 0. The van der Waals surface area contributed by atoms with Crippen LogP contribution in [0.15, 0.2) is 0 Å². The summed E-state index contributed by atoms with van der Waals surface area (Å²) in [6.45, 7) is 2.14. The van der Waals surface area contributed by atoms with Gasteiger partial charge in [-0.05, 0) is 0 Å². The first-order chi connectivity index (χ1) is 23.4. The van der Waals surface area contributed by atoms with E-state index >= 15 is 0 Å². The number of aliphatic hydroxyl groups is 8. The van der Waals surface area contributed by atoms with Crippen LogP contribution in [0.25, 0.3) is 0 Å². The Hall–Kier alpha value is -4.76. The van der Waals surface area contributed by atoms with Crippen molar-refractivity contribution >= 4 is 0 Å². The third-order valence-corrected chi connectivity index (χ3v) is 4.19. The fraction of sp³-hybridized carbons (Fsp3) is 0.733. The molecule has 3 unspecified atom stereocenters. The Labute approximate surface area is 292 Å². The molecule has 0 aromatic rings. The molecule has 8 N–H and O–H groups in total. The van der Waals surface area contributed by atoms with Gasteiger partial charge < -0.3 is 93.0 Å². The van der Waals surface area contributed by atoms with Gasteiger partial charge in [0.05, 0.1) is 83.4 Å². The SMILES string of the molecule is [CH2-]OCC(O)COCC(O)COCCO.[CH2-]OCC(O)COCCO.[CH2-]OCC(O)CO[CH2-].[CH2-]OCC(O)CO[CH2-].[CH2-]OCC(O)CO[CH2-].[Rf].[Rf].[Rf].[Rf]. The van der Waals surface area contributed by atoms with E-state index in [2.05, 4.69) is 94.8 Å². The molecular formula is C30H62O19Rf4-8. The van der Waals surface area contributed by atoms with Gasteiger partial charge in [-0.2, -0.15) is 0 Å². The fourth-order valence-corrected chi connectivity index (χ4v) is 2.28. The molecule has 53 heavy (non-hydrogen) atoms. The summed E-state index contributed by atoms with van der Waals surface area (Å²) in [5, 5.41) is 70.1. The molecule has 0 aromatic carbocycles. The van der Waals surface area contributed by atoms with Crippen LogP contribution in [0.5, 0.6) is 0 Å². The van der Waals surface area contributed by atoms with E-state index in [0.717, 1.165) is 0 Å². The van der Waals surface area contributed by atoms with Gasteiger partial charge in [0.2, 0.25) is 0 Å². The van der Waals surface area contributed by atoms with Gasteiger partial charge in [0.1, 0.15) is 6.10 Å². The van der Waals surface area contributed by atoms with Crippen LogP contribution in [-0.4, -0.2) is 183 Å². The second kappa shape index (κ2) is 62.4. The van der Waals surface area contributed by atoms with Crippen molar-refractivity contribution in [1.29, 1.82) is 0 Å². The molecule has 0 aromatic heterocycles. The molecule has 0 fully saturated rings. The Bertz CT molecular complexity index is 511. The quantitative estimate of drug-likeness (QED) is 0.0300. The summed E-state index contributed by atoms with van der Waals surface area (Å²) in [4.78, 5) is 0. The summed E-state index contributed by atoms with van der Waals surface area (Å²) < 4.78 is 49.6. The number of hydrogen-bond acceptors (Lipinski definition) is 19. The van der Waals surface area contributed by atoms with Crippen molar-refractivity contribution in [3.05, 3.63) is 56.9 Å². The van der Waals surface area contributed by atoms with Crippen molar-refractivity contribution in [2.75, 3.05) is 106 Å². The normalized spacial score (nSPS) is 11.6. The molecule has 0 saturated carbocycles. The first-order valence-electron chi connectivity index (χ1n) is 14.4. The van der Waals surface area contributed by atoms with E-state index in [1.165, 1.54) is 0 Å². The monoisotopic (exact) mass is 1790 g/mol. The minimum absolute atomic E-state index is 0. The number of aliphatic hydroxyl groups excluding tert-OH is 8. The first kappa shape index (κ1) is 69.9. The molecule has 3 atom stereocenters. The Morgan fingerprint density at radius 2 is 0.434 bits per heavy atom. The maximum Gasteiger partial charge on any atom is 0.101 e. The average molecular weight is 1790 g/mol. The predicted molar refractivity (Wildman–Crippen MR) is 173 cm³/mol. The van der Waals surface area contributed by atoms with E-state index in [0.29, 0.717) is 0 Å². The largest absolute Gasteiger partial charge is 0.553 e. The second-order valence-electron chi connectivity index (χ2n) is 9.02. The van der Waals surface area contributed by atoms with Crippen molar-refractivity contribution in [2.24, 2.45) is 0 Å². The van der Waals surface area contributed by atoms with E-state index in [-0.39, 0.29) is 106 Å². The van der Waals surface area contributed by atoms with Gasteiger partial charge in [0.25, 0.3) is 0 Å². The molecule has 19 nitrogen and oxygen atoms in total. The molecule has 0 spiro atoms. The average Bonchev–Trinajstić information content (AvgIpc) is 3.04. The molecule has 0 aliphatic heterocycles. The van der Waals surface area contributed by atoms with Gasteiger partial charge in [0, 0.05) is 52.9 Å². The molecule has 0 bridgehead atoms. The zero-order valence-corrected chi connectivity index (χ0v) is 56.9. The summed E-state index contributed by atoms with van der Waals surface area (Å²) >= 11 is 0. The summed E-state index contributed by atoms with van der Waals surface area (Å²) in [6.07, 6.45) is -3.97. The topological polar surface area (TPSA) is 263 Å². The van der Waals surface area contributed by atoms with Crippen LogP contribution in [-0.2, 0) is 52.1 Å². The zero-order valence-electron chi connectivity index (χ0n) is 31.3. The van der Waals surface area contributed by atoms with Crippen molar-refractivity contribution in [1.82, 2.24) is 0 Å². The van der Waals surface area contributed by atoms with E-state index < -0.39 is 36.6 Å². The van der Waals surface area contributed by atoms with Crippen LogP contribution in [0, 0.1) is 56.9 Å². The Balaban J connectivity index is -0.0000000656. The van der Waals surface area contributed by atoms with Gasteiger partial charge in [-0.15, -0.1) is 0 Å². The zero-order chi connectivity index (χ0) is 38.6. The standard InChI is InChI=1S/C9H19O6.C6H13O4.3C5H10O3.4Rf/c1-13-4-8(11)6-15-7-9(12)5-14-3-2-10;1-9-4-6(8)5-10-3-2-7;3*1-7-3-5(6)4-8-2;;;;/h8-12H,1-7H2;6-8H,1-5H2;3*5-6H,1-4H2;;;;/q2*-1;3*-2;;;;. The third-order valence-electron chi connectivity index (χ3n) is 4.19. The van der Waals surface area contributed by atoms with Gasteiger partial charge in [-0.1, -0.05) is 0 Å². The van der Waals surface area contributed by atoms with E-state index in [1.54, 1.807) is 0 Å². The van der Waals surface area contributed by atoms with Crippen molar-refractivity contribution in [3.8, 4) is 0 Å². The Morgan fingerprint density at radius 1 is 0.283 bits per heavy atom. The Kier molecular flexibility index (Phi) is 82.3. The van der Waals surface area contributed by atoms with Crippen LogP contribution < -0.4 is 0 Å². The maximum atomic E-state index is 9.26. The molecular weight excluding hydrogens is 1730 g/mol. The smallest absolute Gasteiger partial charge is 0.101 e. The van der Waals surface area contributed by atoms with Gasteiger partial charge >= 0.3 is 0 Å². The molecule has 0 radical (unpaired) electrons. The van der Waals surface area contributed by atoms with Crippen molar-refractivity contribution in [3.63, 3.8) is 0 Å². The molecule has 0 aliphatic carbocycles. The van der Waals surface area contributed by atoms with E-state index in [1.807, 2.05) is 0 Å². The van der Waals surface area contributed by atoms with Crippen molar-refractivity contribution < 1.29 is 93.0 Å². The predicted octanol–water partition coefficient (Wildman–Crippen LogP) is -2.40. The van der Waals surface area contributed by atoms with Gasteiger partial charge in [0.15, 0.2) is 0 Å². The van der Waals surface area contributed by atoms with E-state index in [9.17, 15) is 5.11 Å². The molecule has 0 rings (SSSR count). The molecule has 312 valence electrons. The summed E-state index contributed by atoms with van der Waals surface area (Å²) in [5.41, 5.74) is 0. The van der Waals surface area contributed by atoms with Crippen LogP contribution in [0.3, 0.4) is 0 Å². The van der Waals surface area contributed by atoms with E-state index in [4.69, 9.17) is 50.0 Å². The fourth-order valence-electron chi connectivity index (χ4n) is 2.28. The number of rotatable bonds is 28. The van der Waals surface area contributed by atoms with Crippen LogP contribution in [0.4, 0.5) is 0 Å². The summed E-state index contributed by atoms with van der Waals surface area (Å²) in [5.74, 6) is 0. The van der Waals surface area contributed by atoms with Gasteiger partial charge in [-0.3, -0.25) is 0 Å². The molecule has 0 saturated heterocycles. The molecule has 0 amide bonds. The van der Waals surface area contributed by atoms with Crippen LogP contribution >= 0.6 is 0 Å². The second-order valence-corrected chi connectivity index (χ2v) is 9.02. The maximum absolute atomic E-state index is 9.26. The minimum atomic E-state index is -0.760.